The molecule has 0 unspecified atom stereocenters. The molecule has 3 heterocycles. The van der Waals surface area contributed by atoms with Crippen LogP contribution in [0.15, 0.2) is 109 Å². The smallest absolute Gasteiger partial charge is 0.145 e. The number of thiophene rings is 1. The molecule has 0 bridgehead atoms. The lowest BCUT2D eigenvalue weighted by atomic mass is 9.82. The molecule has 0 aliphatic rings. The minimum Gasteiger partial charge on any atom is -0.295 e. The Morgan fingerprint density at radius 3 is 1.98 bits per heavy atom. The van der Waals surface area contributed by atoms with Crippen molar-refractivity contribution in [3.05, 3.63) is 121 Å². The Balaban J connectivity index is 1.37. The summed E-state index contributed by atoms with van der Waals surface area (Å²) in [7, 11) is 0. The van der Waals surface area contributed by atoms with Crippen LogP contribution in [0.4, 0.5) is 0 Å². The number of hydrogen-bond acceptors (Lipinski definition) is 2. The third-order valence-electron chi connectivity index (χ3n) is 8.91. The average molecular weight is 589 g/mol. The molecule has 3 aromatic heterocycles. The van der Waals surface area contributed by atoms with Crippen molar-refractivity contribution in [2.24, 2.45) is 0 Å². The molecule has 3 heteroatoms. The maximum Gasteiger partial charge on any atom is 0.145 e. The van der Waals surface area contributed by atoms with Crippen molar-refractivity contribution in [3.8, 4) is 22.3 Å². The maximum absolute atomic E-state index is 5.36. The first kappa shape index (κ1) is 27.1. The zero-order chi connectivity index (χ0) is 30.4. The van der Waals surface area contributed by atoms with E-state index in [0.29, 0.717) is 0 Å². The summed E-state index contributed by atoms with van der Waals surface area (Å²) in [6.07, 6.45) is 0. The van der Waals surface area contributed by atoms with Gasteiger partial charge in [-0.1, -0.05) is 126 Å². The number of benzene rings is 5. The molecule has 0 radical (unpaired) electrons. The van der Waals surface area contributed by atoms with E-state index in [1.54, 1.807) is 0 Å². The molecular weight excluding hydrogens is 553 g/mol. The van der Waals surface area contributed by atoms with Gasteiger partial charge in [0, 0.05) is 41.8 Å². The van der Waals surface area contributed by atoms with Crippen molar-refractivity contribution in [3.63, 3.8) is 0 Å². The topological polar surface area (TPSA) is 17.3 Å². The predicted octanol–water partition coefficient (Wildman–Crippen LogP) is 11.9. The van der Waals surface area contributed by atoms with Gasteiger partial charge in [0.1, 0.15) is 5.65 Å². The normalized spacial score (nSPS) is 12.8. The number of fused-ring (bicyclic) bond motifs is 9. The van der Waals surface area contributed by atoms with Crippen LogP contribution in [0, 0.1) is 0 Å². The third-order valence-corrected chi connectivity index (χ3v) is 10.1. The van der Waals surface area contributed by atoms with Gasteiger partial charge in [-0.15, -0.1) is 11.3 Å². The van der Waals surface area contributed by atoms with E-state index in [2.05, 4.69) is 155 Å². The molecule has 0 saturated carbocycles. The number of imidazole rings is 1. The quantitative estimate of drug-likeness (QED) is 0.184. The fraction of sp³-hybridized carbons (Fsp3) is 0.195. The second kappa shape index (κ2) is 9.51. The van der Waals surface area contributed by atoms with Gasteiger partial charge in [-0.05, 0) is 51.9 Å². The Hall–Kier alpha value is -4.47. The molecule has 0 aliphatic carbocycles. The minimum atomic E-state index is -0.0714. The number of nitrogens with zero attached hydrogens (tertiary/aromatic N) is 2. The van der Waals surface area contributed by atoms with Crippen molar-refractivity contribution in [1.29, 1.82) is 0 Å². The van der Waals surface area contributed by atoms with Gasteiger partial charge in [0.2, 0.25) is 0 Å². The lowest BCUT2D eigenvalue weighted by molar-refractivity contribution is 0.508. The summed E-state index contributed by atoms with van der Waals surface area (Å²) >= 11 is 1.89. The first-order valence-electron chi connectivity index (χ1n) is 15.5. The second-order valence-corrected chi connectivity index (χ2v) is 15.2. The first-order chi connectivity index (χ1) is 21.1. The van der Waals surface area contributed by atoms with Crippen LogP contribution in [0.25, 0.3) is 69.7 Å². The Bertz CT molecular complexity index is 2410. The van der Waals surface area contributed by atoms with Gasteiger partial charge in [-0.25, -0.2) is 4.98 Å². The maximum atomic E-state index is 5.36. The third kappa shape index (κ3) is 4.10. The molecule has 0 N–H and O–H groups in total. The molecule has 5 aromatic carbocycles. The van der Waals surface area contributed by atoms with E-state index in [1.165, 1.54) is 75.5 Å². The van der Waals surface area contributed by atoms with E-state index in [1.807, 2.05) is 11.3 Å². The van der Waals surface area contributed by atoms with E-state index < -0.39 is 0 Å². The minimum absolute atomic E-state index is 0.0697. The van der Waals surface area contributed by atoms with Crippen LogP contribution >= 0.6 is 11.3 Å². The highest BCUT2D eigenvalue weighted by Gasteiger charge is 2.32. The van der Waals surface area contributed by atoms with Crippen molar-refractivity contribution in [1.82, 2.24) is 9.38 Å². The number of hydrogen-bond donors (Lipinski definition) is 0. The Morgan fingerprint density at radius 2 is 1.20 bits per heavy atom. The summed E-state index contributed by atoms with van der Waals surface area (Å²) < 4.78 is 5.13. The zero-order valence-corrected chi connectivity index (χ0v) is 27.0. The Kier molecular flexibility index (Phi) is 5.86. The van der Waals surface area contributed by atoms with Crippen LogP contribution in [-0.2, 0) is 10.8 Å². The monoisotopic (exact) mass is 588 g/mol. The Morgan fingerprint density at radius 1 is 0.545 bits per heavy atom. The molecule has 216 valence electrons. The van der Waals surface area contributed by atoms with E-state index >= 15 is 0 Å². The van der Waals surface area contributed by atoms with Gasteiger partial charge in [0.05, 0.1) is 16.9 Å². The molecule has 0 aliphatic heterocycles. The molecule has 8 aromatic rings. The Labute approximate surface area is 262 Å². The van der Waals surface area contributed by atoms with Gasteiger partial charge >= 0.3 is 0 Å². The van der Waals surface area contributed by atoms with Gasteiger partial charge in [0.15, 0.2) is 0 Å². The largest absolute Gasteiger partial charge is 0.295 e. The molecule has 2 nitrogen and oxygen atoms in total. The van der Waals surface area contributed by atoms with Crippen LogP contribution in [0.1, 0.15) is 52.9 Å². The summed E-state index contributed by atoms with van der Waals surface area (Å²) in [5.41, 5.74) is 9.58. The summed E-state index contributed by atoms with van der Waals surface area (Å²) in [5.74, 6) is 0. The standard InChI is InChI=1S/C41H36N2S/c1-40(2,3)37-38(41(4,5)6)43-34-22-21-26(24-33(34)29-15-7-8-17-32(29)39(43)42-37)25-13-11-14-27(23-25)28-18-12-19-31-30-16-9-10-20-35(30)44-36(28)31/h7-24H,1-6H3. The number of rotatable bonds is 2. The van der Waals surface area contributed by atoms with Crippen LogP contribution in [0.5, 0.6) is 0 Å². The lowest BCUT2D eigenvalue weighted by Gasteiger charge is -2.26. The molecule has 0 saturated heterocycles. The van der Waals surface area contributed by atoms with E-state index in [-0.39, 0.29) is 10.8 Å². The van der Waals surface area contributed by atoms with Gasteiger partial charge in [-0.2, -0.15) is 0 Å². The zero-order valence-electron chi connectivity index (χ0n) is 26.2. The van der Waals surface area contributed by atoms with E-state index in [9.17, 15) is 0 Å². The summed E-state index contributed by atoms with van der Waals surface area (Å²) in [6, 6.07) is 40.3. The van der Waals surface area contributed by atoms with Crippen molar-refractivity contribution < 1.29 is 0 Å². The molecular formula is C41H36N2S. The number of aromatic nitrogens is 2. The molecule has 0 spiro atoms. The average Bonchev–Trinajstić information content (AvgIpc) is 3.61. The van der Waals surface area contributed by atoms with Crippen molar-refractivity contribution in [2.75, 3.05) is 0 Å². The molecule has 44 heavy (non-hydrogen) atoms. The summed E-state index contributed by atoms with van der Waals surface area (Å²) in [6.45, 7) is 13.8. The van der Waals surface area contributed by atoms with E-state index in [0.717, 1.165) is 5.65 Å². The van der Waals surface area contributed by atoms with Crippen molar-refractivity contribution in [2.45, 2.75) is 52.4 Å². The second-order valence-electron chi connectivity index (χ2n) is 14.1. The van der Waals surface area contributed by atoms with E-state index in [4.69, 9.17) is 4.98 Å². The summed E-state index contributed by atoms with van der Waals surface area (Å²) in [4.78, 5) is 5.36. The molecule has 8 rings (SSSR count). The van der Waals surface area contributed by atoms with Crippen LogP contribution in [-0.4, -0.2) is 9.38 Å². The molecule has 0 amide bonds. The van der Waals surface area contributed by atoms with Crippen LogP contribution in [0.2, 0.25) is 0 Å². The molecule has 0 atom stereocenters. The van der Waals surface area contributed by atoms with Gasteiger partial charge in [0.25, 0.3) is 0 Å². The fourth-order valence-electron chi connectivity index (χ4n) is 6.93. The highest BCUT2D eigenvalue weighted by molar-refractivity contribution is 7.26. The lowest BCUT2D eigenvalue weighted by Crippen LogP contribution is -2.23. The highest BCUT2D eigenvalue weighted by Crippen LogP contribution is 2.42. The predicted molar refractivity (Wildman–Crippen MR) is 191 cm³/mol. The van der Waals surface area contributed by atoms with Gasteiger partial charge in [-0.3, -0.25) is 4.40 Å². The molecule has 0 fully saturated rings. The SMILES string of the molecule is CC(C)(C)c1nc2c3ccccc3c3cc(-c4cccc(-c5cccc6c5sc5ccccc56)c4)ccc3n2c1C(C)(C)C. The van der Waals surface area contributed by atoms with Crippen LogP contribution < -0.4 is 0 Å². The van der Waals surface area contributed by atoms with Crippen LogP contribution in [0.3, 0.4) is 0 Å². The first-order valence-corrected chi connectivity index (χ1v) is 16.3. The summed E-state index contributed by atoms with van der Waals surface area (Å²) in [5, 5.41) is 6.37. The number of pyridine rings is 1. The van der Waals surface area contributed by atoms with Gasteiger partial charge < -0.3 is 0 Å². The fourth-order valence-corrected chi connectivity index (χ4v) is 8.17. The highest BCUT2D eigenvalue weighted by atomic mass is 32.1. The van der Waals surface area contributed by atoms with Crippen molar-refractivity contribution >= 4 is 58.8 Å².